The standard InChI is InChI=1S/C9H20O3S.H4Si/c1-4-10-9(7-8-13,11-5-2)12-6-3;/h13H,4-8H2,1-3H3;1H4. The molecule has 0 fully saturated rings. The second kappa shape index (κ2) is 9.98. The minimum Gasteiger partial charge on any atom is -0.328 e. The summed E-state index contributed by atoms with van der Waals surface area (Å²) < 4.78 is 16.4. The molecular weight excluding hydrogens is 216 g/mol. The largest absolute Gasteiger partial charge is 0.328 e. The van der Waals surface area contributed by atoms with Crippen LogP contribution in [0.3, 0.4) is 0 Å². The molecule has 0 aromatic heterocycles. The van der Waals surface area contributed by atoms with Crippen molar-refractivity contribution < 1.29 is 14.2 Å². The lowest BCUT2D eigenvalue weighted by Crippen LogP contribution is -2.40. The summed E-state index contributed by atoms with van der Waals surface area (Å²) in [5.41, 5.74) is 0. The molecule has 0 unspecified atom stereocenters. The normalized spacial score (nSPS) is 11.1. The van der Waals surface area contributed by atoms with Gasteiger partial charge in [-0.15, -0.1) is 0 Å². The fraction of sp³-hybridized carbons (Fsp3) is 1.00. The number of hydrogen-bond acceptors (Lipinski definition) is 4. The Kier molecular flexibility index (Phi) is 12.0. The summed E-state index contributed by atoms with van der Waals surface area (Å²) in [6.45, 7) is 7.50. The third kappa shape index (κ3) is 6.03. The fourth-order valence-electron chi connectivity index (χ4n) is 1.14. The van der Waals surface area contributed by atoms with Gasteiger partial charge in [0.1, 0.15) is 0 Å². The summed E-state index contributed by atoms with van der Waals surface area (Å²) in [5.74, 6) is -0.194. The zero-order chi connectivity index (χ0) is 10.2. The van der Waals surface area contributed by atoms with E-state index in [4.69, 9.17) is 14.2 Å². The topological polar surface area (TPSA) is 27.7 Å². The van der Waals surface area contributed by atoms with E-state index < -0.39 is 5.97 Å². The highest BCUT2D eigenvalue weighted by molar-refractivity contribution is 7.80. The summed E-state index contributed by atoms with van der Waals surface area (Å²) in [6, 6.07) is 0. The number of hydrogen-bond donors (Lipinski definition) is 1. The van der Waals surface area contributed by atoms with Crippen molar-refractivity contribution in [1.29, 1.82) is 0 Å². The van der Waals surface area contributed by atoms with E-state index in [1.807, 2.05) is 20.8 Å². The Labute approximate surface area is 96.9 Å². The second-order valence-electron chi connectivity index (χ2n) is 2.46. The summed E-state index contributed by atoms with van der Waals surface area (Å²) in [6.07, 6.45) is 0.644. The third-order valence-electron chi connectivity index (χ3n) is 1.51. The summed E-state index contributed by atoms with van der Waals surface area (Å²) in [5, 5.41) is 0. The van der Waals surface area contributed by atoms with Gasteiger partial charge in [0.25, 0.3) is 5.97 Å². The monoisotopic (exact) mass is 240 g/mol. The van der Waals surface area contributed by atoms with Gasteiger partial charge < -0.3 is 14.2 Å². The minimum atomic E-state index is -0.875. The Morgan fingerprint density at radius 2 is 1.29 bits per heavy atom. The maximum absolute atomic E-state index is 5.46. The average Bonchev–Trinajstić information content (AvgIpc) is 2.06. The molecule has 0 aromatic carbocycles. The van der Waals surface area contributed by atoms with Crippen LogP contribution in [-0.4, -0.2) is 42.5 Å². The van der Waals surface area contributed by atoms with Crippen molar-refractivity contribution in [1.82, 2.24) is 0 Å². The van der Waals surface area contributed by atoms with Crippen LogP contribution in [0.1, 0.15) is 27.2 Å². The molecule has 5 heteroatoms. The molecule has 0 aliphatic rings. The first-order valence-corrected chi connectivity index (χ1v) is 5.40. The van der Waals surface area contributed by atoms with E-state index in [1.54, 1.807) is 0 Å². The van der Waals surface area contributed by atoms with Crippen LogP contribution in [-0.2, 0) is 14.2 Å². The highest BCUT2D eigenvalue weighted by atomic mass is 32.1. The second-order valence-corrected chi connectivity index (χ2v) is 2.90. The van der Waals surface area contributed by atoms with Gasteiger partial charge in [0, 0.05) is 26.2 Å². The van der Waals surface area contributed by atoms with E-state index in [0.717, 1.165) is 0 Å². The number of rotatable bonds is 8. The molecule has 0 bridgehead atoms. The maximum Gasteiger partial charge on any atom is 0.283 e. The van der Waals surface area contributed by atoms with Crippen LogP contribution in [0.4, 0.5) is 0 Å². The SMILES string of the molecule is CCOC(CCS)(OCC)OCC.[SiH4]. The van der Waals surface area contributed by atoms with Gasteiger partial charge in [-0.25, -0.2) is 0 Å². The van der Waals surface area contributed by atoms with Crippen molar-refractivity contribution >= 4 is 23.6 Å². The molecule has 0 atom stereocenters. The molecule has 0 radical (unpaired) electrons. The van der Waals surface area contributed by atoms with Crippen LogP contribution < -0.4 is 0 Å². The zero-order valence-corrected chi connectivity index (χ0v) is 9.60. The first-order chi connectivity index (χ1) is 6.24. The maximum atomic E-state index is 5.46. The van der Waals surface area contributed by atoms with E-state index in [-0.39, 0.29) is 11.0 Å². The van der Waals surface area contributed by atoms with Crippen molar-refractivity contribution in [2.45, 2.75) is 33.2 Å². The molecular formula is C9H24O3SSi. The minimum absolute atomic E-state index is 0. The first kappa shape index (κ1) is 16.9. The third-order valence-corrected chi connectivity index (χ3v) is 1.73. The van der Waals surface area contributed by atoms with Crippen LogP contribution in [0, 0.1) is 0 Å². The van der Waals surface area contributed by atoms with Gasteiger partial charge in [0.15, 0.2) is 0 Å². The van der Waals surface area contributed by atoms with Gasteiger partial charge in [-0.1, -0.05) is 0 Å². The van der Waals surface area contributed by atoms with Crippen molar-refractivity contribution in [3.05, 3.63) is 0 Å². The van der Waals surface area contributed by atoms with Crippen LogP contribution in [0.2, 0.25) is 0 Å². The van der Waals surface area contributed by atoms with E-state index in [1.165, 1.54) is 0 Å². The van der Waals surface area contributed by atoms with Gasteiger partial charge >= 0.3 is 0 Å². The van der Waals surface area contributed by atoms with Crippen molar-refractivity contribution in [2.24, 2.45) is 0 Å². The lowest BCUT2D eigenvalue weighted by molar-refractivity contribution is -0.377. The zero-order valence-electron chi connectivity index (χ0n) is 8.71. The molecule has 0 N–H and O–H groups in total. The van der Waals surface area contributed by atoms with Crippen LogP contribution in [0.15, 0.2) is 0 Å². The molecule has 0 aromatic rings. The molecule has 14 heavy (non-hydrogen) atoms. The highest BCUT2D eigenvalue weighted by Crippen LogP contribution is 2.20. The Hall–Kier alpha value is 0.447. The summed E-state index contributed by atoms with van der Waals surface area (Å²) in [7, 11) is 0. The van der Waals surface area contributed by atoms with E-state index >= 15 is 0 Å². The first-order valence-electron chi connectivity index (χ1n) is 4.77. The van der Waals surface area contributed by atoms with Crippen LogP contribution in [0.25, 0.3) is 0 Å². The van der Waals surface area contributed by atoms with Gasteiger partial charge in [-0.05, 0) is 37.5 Å². The molecule has 0 spiro atoms. The van der Waals surface area contributed by atoms with Crippen molar-refractivity contribution in [2.75, 3.05) is 25.6 Å². The van der Waals surface area contributed by atoms with Crippen molar-refractivity contribution in [3.8, 4) is 0 Å². The molecule has 0 rings (SSSR count). The lowest BCUT2D eigenvalue weighted by Gasteiger charge is -2.31. The van der Waals surface area contributed by atoms with Crippen LogP contribution >= 0.6 is 12.6 Å². The predicted octanol–water partition coefficient (Wildman–Crippen LogP) is 0.618. The van der Waals surface area contributed by atoms with Gasteiger partial charge in [-0.2, -0.15) is 12.6 Å². The lowest BCUT2D eigenvalue weighted by atomic mass is 10.4. The Morgan fingerprint density at radius 1 is 0.929 bits per heavy atom. The number of ether oxygens (including phenoxy) is 3. The van der Waals surface area contributed by atoms with Gasteiger partial charge in [-0.3, -0.25) is 0 Å². The van der Waals surface area contributed by atoms with Gasteiger partial charge in [0.2, 0.25) is 0 Å². The van der Waals surface area contributed by atoms with Crippen LogP contribution in [0.5, 0.6) is 0 Å². The quantitative estimate of drug-likeness (QED) is 0.383. The Bertz CT molecular complexity index is 95.1. The Morgan fingerprint density at radius 3 is 1.50 bits per heavy atom. The smallest absolute Gasteiger partial charge is 0.283 e. The molecule has 88 valence electrons. The molecule has 0 amide bonds. The average molecular weight is 240 g/mol. The molecule has 0 aliphatic heterocycles. The Balaban J connectivity index is 0. The summed E-state index contributed by atoms with van der Waals surface area (Å²) in [4.78, 5) is 0. The van der Waals surface area contributed by atoms with Gasteiger partial charge in [0.05, 0.1) is 0 Å². The molecule has 3 nitrogen and oxygen atoms in total. The van der Waals surface area contributed by atoms with E-state index in [9.17, 15) is 0 Å². The number of thiol groups is 1. The van der Waals surface area contributed by atoms with E-state index in [0.29, 0.717) is 32.0 Å². The predicted molar refractivity (Wildman–Crippen MR) is 67.4 cm³/mol. The fourth-order valence-corrected chi connectivity index (χ4v) is 1.41. The van der Waals surface area contributed by atoms with E-state index in [2.05, 4.69) is 12.6 Å². The molecule has 0 heterocycles. The summed E-state index contributed by atoms with van der Waals surface area (Å²) >= 11 is 4.15. The molecule has 0 saturated carbocycles. The van der Waals surface area contributed by atoms with Crippen molar-refractivity contribution in [3.63, 3.8) is 0 Å². The molecule has 0 saturated heterocycles. The highest BCUT2D eigenvalue weighted by Gasteiger charge is 2.31. The molecule has 0 aliphatic carbocycles.